The second-order valence-corrected chi connectivity index (χ2v) is 6.23. The van der Waals surface area contributed by atoms with Crippen LogP contribution in [0.4, 0.5) is 0 Å². The van der Waals surface area contributed by atoms with Crippen LogP contribution >= 0.6 is 0 Å². The maximum atomic E-state index is 10.7. The zero-order chi connectivity index (χ0) is 11.8. The monoisotopic (exact) mass is 226 g/mol. The Morgan fingerprint density at radius 1 is 1.25 bits per heavy atom. The highest BCUT2D eigenvalue weighted by atomic mass is 16.3. The molecule has 2 bridgehead atoms. The maximum Gasteiger partial charge on any atom is 0.0827 e. The largest absolute Gasteiger partial charge is 0.388 e. The van der Waals surface area contributed by atoms with Gasteiger partial charge in [0, 0.05) is 18.1 Å². The Hall–Kier alpha value is -0.120. The summed E-state index contributed by atoms with van der Waals surface area (Å²) in [6, 6.07) is 0.975. The molecule has 2 fully saturated rings. The van der Waals surface area contributed by atoms with Gasteiger partial charge in [-0.15, -0.1) is 0 Å². The van der Waals surface area contributed by atoms with E-state index in [4.69, 9.17) is 5.73 Å². The number of fused-ring (bicyclic) bond motifs is 2. The van der Waals surface area contributed by atoms with Crippen molar-refractivity contribution in [2.45, 2.75) is 76.1 Å². The maximum absolute atomic E-state index is 10.7. The highest BCUT2D eigenvalue weighted by Gasteiger charge is 2.45. The van der Waals surface area contributed by atoms with Gasteiger partial charge in [-0.2, -0.15) is 0 Å². The van der Waals surface area contributed by atoms with Crippen LogP contribution in [0.3, 0.4) is 0 Å². The minimum atomic E-state index is -0.605. The molecule has 16 heavy (non-hydrogen) atoms. The number of piperidine rings is 1. The fourth-order valence-corrected chi connectivity index (χ4v) is 3.25. The van der Waals surface area contributed by atoms with E-state index in [0.717, 1.165) is 25.7 Å². The Balaban J connectivity index is 1.91. The molecule has 94 valence electrons. The van der Waals surface area contributed by atoms with Crippen molar-refractivity contribution in [2.75, 3.05) is 0 Å². The van der Waals surface area contributed by atoms with Crippen molar-refractivity contribution in [3.63, 3.8) is 0 Å². The quantitative estimate of drug-likeness (QED) is 0.679. The van der Waals surface area contributed by atoms with Crippen molar-refractivity contribution in [2.24, 2.45) is 11.7 Å². The lowest BCUT2D eigenvalue weighted by molar-refractivity contribution is -0.0318. The van der Waals surface area contributed by atoms with Crippen LogP contribution in [0.5, 0.6) is 0 Å². The first-order valence-corrected chi connectivity index (χ1v) is 6.73. The van der Waals surface area contributed by atoms with Crippen LogP contribution < -0.4 is 11.1 Å². The van der Waals surface area contributed by atoms with Crippen LogP contribution in [0.25, 0.3) is 0 Å². The van der Waals surface area contributed by atoms with Crippen molar-refractivity contribution in [1.29, 1.82) is 0 Å². The molecule has 3 heteroatoms. The lowest BCUT2D eigenvalue weighted by Gasteiger charge is -2.41. The molecular weight excluding hydrogens is 200 g/mol. The molecule has 2 saturated heterocycles. The molecule has 0 amide bonds. The third-order valence-corrected chi connectivity index (χ3v) is 4.28. The van der Waals surface area contributed by atoms with Crippen molar-refractivity contribution >= 4 is 0 Å². The molecule has 3 unspecified atom stereocenters. The van der Waals surface area contributed by atoms with E-state index in [9.17, 15) is 5.11 Å². The fourth-order valence-electron chi connectivity index (χ4n) is 3.25. The minimum Gasteiger partial charge on any atom is -0.388 e. The second-order valence-electron chi connectivity index (χ2n) is 6.23. The molecule has 2 rings (SSSR count). The van der Waals surface area contributed by atoms with Crippen LogP contribution in [0.15, 0.2) is 0 Å². The molecule has 0 aromatic carbocycles. The van der Waals surface area contributed by atoms with Crippen molar-refractivity contribution in [1.82, 2.24) is 5.32 Å². The molecule has 2 aliphatic heterocycles. The van der Waals surface area contributed by atoms with E-state index < -0.39 is 5.60 Å². The van der Waals surface area contributed by atoms with Gasteiger partial charge in [-0.05, 0) is 44.4 Å². The van der Waals surface area contributed by atoms with Gasteiger partial charge in [0.2, 0.25) is 0 Å². The molecule has 0 saturated carbocycles. The Kier molecular flexibility index (Phi) is 3.57. The summed E-state index contributed by atoms with van der Waals surface area (Å²) in [5.74, 6) is 0.674. The first kappa shape index (κ1) is 12.3. The summed E-state index contributed by atoms with van der Waals surface area (Å²) in [6.45, 7) is 4.42. The zero-order valence-corrected chi connectivity index (χ0v) is 10.6. The third-order valence-electron chi connectivity index (χ3n) is 4.28. The summed E-state index contributed by atoms with van der Waals surface area (Å²) in [5.41, 5.74) is 5.60. The summed E-state index contributed by atoms with van der Waals surface area (Å²) in [7, 11) is 0. The molecule has 0 aromatic rings. The molecule has 2 heterocycles. The molecule has 2 aliphatic rings. The molecule has 3 atom stereocenters. The molecule has 0 aliphatic carbocycles. The topological polar surface area (TPSA) is 58.3 Å². The van der Waals surface area contributed by atoms with Crippen LogP contribution in [-0.4, -0.2) is 28.8 Å². The Bertz CT molecular complexity index is 230. The van der Waals surface area contributed by atoms with Gasteiger partial charge in [-0.25, -0.2) is 0 Å². The Morgan fingerprint density at radius 2 is 1.81 bits per heavy atom. The Morgan fingerprint density at radius 3 is 2.31 bits per heavy atom. The molecule has 4 N–H and O–H groups in total. The SMILES string of the molecule is CC(C)CCC(N)C1(O)CC2CCC(C1)N2. The molecular formula is C13H26N2O. The van der Waals surface area contributed by atoms with Gasteiger partial charge in [0.05, 0.1) is 5.60 Å². The van der Waals surface area contributed by atoms with Gasteiger partial charge in [-0.3, -0.25) is 0 Å². The van der Waals surface area contributed by atoms with Gasteiger partial charge in [0.15, 0.2) is 0 Å². The first-order chi connectivity index (χ1) is 7.49. The highest BCUT2D eigenvalue weighted by molar-refractivity contribution is 5.04. The van der Waals surface area contributed by atoms with E-state index in [1.54, 1.807) is 0 Å². The van der Waals surface area contributed by atoms with Gasteiger partial charge < -0.3 is 16.2 Å². The summed E-state index contributed by atoms with van der Waals surface area (Å²) in [5, 5.41) is 14.2. The van der Waals surface area contributed by atoms with Crippen molar-refractivity contribution in [3.8, 4) is 0 Å². The predicted molar refractivity (Wildman–Crippen MR) is 66.2 cm³/mol. The first-order valence-electron chi connectivity index (χ1n) is 6.73. The summed E-state index contributed by atoms with van der Waals surface area (Å²) < 4.78 is 0. The summed E-state index contributed by atoms with van der Waals surface area (Å²) in [6.07, 6.45) is 6.19. The standard InChI is InChI=1S/C13H26N2O/c1-9(2)3-6-12(14)13(16)7-10-4-5-11(8-13)15-10/h9-12,15-16H,3-8,14H2,1-2H3. The Labute approximate surface area is 98.8 Å². The van der Waals surface area contributed by atoms with Crippen LogP contribution in [0.2, 0.25) is 0 Å². The molecule has 0 aromatic heterocycles. The van der Waals surface area contributed by atoms with Gasteiger partial charge in [0.25, 0.3) is 0 Å². The number of nitrogens with two attached hydrogens (primary N) is 1. The normalized spacial score (nSPS) is 40.3. The average molecular weight is 226 g/mol. The molecule has 0 radical (unpaired) electrons. The van der Waals surface area contributed by atoms with Gasteiger partial charge in [0.1, 0.15) is 0 Å². The van der Waals surface area contributed by atoms with Crippen LogP contribution in [0.1, 0.15) is 52.4 Å². The van der Waals surface area contributed by atoms with Gasteiger partial charge >= 0.3 is 0 Å². The second kappa shape index (κ2) is 4.63. The lowest BCUT2D eigenvalue weighted by atomic mass is 9.79. The number of hydrogen-bond donors (Lipinski definition) is 3. The summed E-state index contributed by atoms with van der Waals surface area (Å²) in [4.78, 5) is 0. The third kappa shape index (κ3) is 2.58. The number of nitrogens with one attached hydrogen (secondary N) is 1. The molecule has 0 spiro atoms. The predicted octanol–water partition coefficient (Wildman–Crippen LogP) is 1.40. The van der Waals surface area contributed by atoms with Crippen molar-refractivity contribution < 1.29 is 5.11 Å². The number of aliphatic hydroxyl groups is 1. The fraction of sp³-hybridized carbons (Fsp3) is 1.00. The van der Waals surface area contributed by atoms with E-state index in [1.807, 2.05) is 0 Å². The van der Waals surface area contributed by atoms with E-state index in [2.05, 4.69) is 19.2 Å². The molecule has 3 nitrogen and oxygen atoms in total. The number of hydrogen-bond acceptors (Lipinski definition) is 3. The van der Waals surface area contributed by atoms with E-state index in [1.165, 1.54) is 12.8 Å². The number of rotatable bonds is 4. The van der Waals surface area contributed by atoms with E-state index >= 15 is 0 Å². The van der Waals surface area contributed by atoms with Crippen molar-refractivity contribution in [3.05, 3.63) is 0 Å². The highest BCUT2D eigenvalue weighted by Crippen LogP contribution is 2.36. The summed E-state index contributed by atoms with van der Waals surface area (Å²) >= 11 is 0. The van der Waals surface area contributed by atoms with E-state index in [0.29, 0.717) is 18.0 Å². The van der Waals surface area contributed by atoms with Crippen LogP contribution in [-0.2, 0) is 0 Å². The van der Waals surface area contributed by atoms with Gasteiger partial charge in [-0.1, -0.05) is 13.8 Å². The smallest absolute Gasteiger partial charge is 0.0827 e. The lowest BCUT2D eigenvalue weighted by Crippen LogP contribution is -2.57. The minimum absolute atomic E-state index is 0.0416. The average Bonchev–Trinajstić information content (AvgIpc) is 2.55. The van der Waals surface area contributed by atoms with E-state index in [-0.39, 0.29) is 6.04 Å². The van der Waals surface area contributed by atoms with Crippen LogP contribution in [0, 0.1) is 5.92 Å². The zero-order valence-electron chi connectivity index (χ0n) is 10.6.